The predicted molar refractivity (Wildman–Crippen MR) is 77.9 cm³/mol. The number of aromatic nitrogens is 1. The highest BCUT2D eigenvalue weighted by molar-refractivity contribution is 7.16. The Kier molecular flexibility index (Phi) is 4.14. The Balaban J connectivity index is 1.88. The molecule has 8 heteroatoms. The van der Waals surface area contributed by atoms with Gasteiger partial charge in [0.25, 0.3) is 0 Å². The molecule has 1 fully saturated rings. The molecule has 2 N–H and O–H groups in total. The van der Waals surface area contributed by atoms with Crippen LogP contribution in [0.15, 0.2) is 18.2 Å². The number of hydrogen-bond acceptors (Lipinski definition) is 4. The molecule has 2 aromatic rings. The third kappa shape index (κ3) is 3.44. The molecule has 3 rings (SSSR count). The van der Waals surface area contributed by atoms with Gasteiger partial charge in [-0.1, -0.05) is 11.3 Å². The smallest absolute Gasteiger partial charge is 0.406 e. The van der Waals surface area contributed by atoms with Crippen LogP contribution in [0.25, 0.3) is 10.2 Å². The zero-order chi connectivity index (χ0) is 15.7. The SMILES string of the molecule is N=c1sc2cc(OC(F)(F)F)ccc2n1CC1CCNCC1. The summed E-state index contributed by atoms with van der Waals surface area (Å²) in [4.78, 5) is 0.359. The molecule has 1 aliphatic rings. The van der Waals surface area contributed by atoms with E-state index in [4.69, 9.17) is 5.41 Å². The number of thiazole rings is 1. The molecule has 0 amide bonds. The first-order valence-electron chi connectivity index (χ1n) is 7.07. The molecule has 0 radical (unpaired) electrons. The fourth-order valence-corrected chi connectivity index (χ4v) is 3.72. The molecule has 0 aliphatic carbocycles. The van der Waals surface area contributed by atoms with E-state index in [2.05, 4.69) is 10.1 Å². The molecule has 4 nitrogen and oxygen atoms in total. The molecule has 22 heavy (non-hydrogen) atoms. The fourth-order valence-electron chi connectivity index (χ4n) is 2.77. The van der Waals surface area contributed by atoms with Gasteiger partial charge in [0, 0.05) is 6.54 Å². The first-order chi connectivity index (χ1) is 10.4. The first-order valence-corrected chi connectivity index (χ1v) is 7.88. The highest BCUT2D eigenvalue weighted by Gasteiger charge is 2.31. The molecule has 1 saturated heterocycles. The topological polar surface area (TPSA) is 50.0 Å². The maximum atomic E-state index is 12.3. The second kappa shape index (κ2) is 5.92. The van der Waals surface area contributed by atoms with Gasteiger partial charge in [-0.25, -0.2) is 0 Å². The van der Waals surface area contributed by atoms with Crippen LogP contribution in [0.1, 0.15) is 12.8 Å². The number of nitrogens with one attached hydrogen (secondary N) is 2. The molecule has 120 valence electrons. The zero-order valence-electron chi connectivity index (χ0n) is 11.7. The monoisotopic (exact) mass is 331 g/mol. The minimum absolute atomic E-state index is 0.240. The van der Waals surface area contributed by atoms with Crippen molar-refractivity contribution in [1.29, 1.82) is 5.41 Å². The molecule has 0 bridgehead atoms. The van der Waals surface area contributed by atoms with Gasteiger partial charge < -0.3 is 14.6 Å². The van der Waals surface area contributed by atoms with Gasteiger partial charge in [-0.3, -0.25) is 5.41 Å². The predicted octanol–water partition coefficient (Wildman–Crippen LogP) is 3.08. The molecule has 0 saturated carbocycles. The number of hydrogen-bond donors (Lipinski definition) is 2. The van der Waals surface area contributed by atoms with Crippen molar-refractivity contribution < 1.29 is 17.9 Å². The molecule has 1 aromatic heterocycles. The van der Waals surface area contributed by atoms with E-state index in [1.54, 1.807) is 6.07 Å². The Morgan fingerprint density at radius 3 is 2.73 bits per heavy atom. The van der Waals surface area contributed by atoms with Gasteiger partial charge >= 0.3 is 6.36 Å². The Morgan fingerprint density at radius 1 is 1.32 bits per heavy atom. The van der Waals surface area contributed by atoms with E-state index < -0.39 is 6.36 Å². The van der Waals surface area contributed by atoms with Gasteiger partial charge in [-0.05, 0) is 50.0 Å². The van der Waals surface area contributed by atoms with Crippen LogP contribution in [0.2, 0.25) is 0 Å². The summed E-state index contributed by atoms with van der Waals surface area (Å²) in [6.07, 6.45) is -2.59. The summed E-state index contributed by atoms with van der Waals surface area (Å²) in [5.41, 5.74) is 0.794. The van der Waals surface area contributed by atoms with E-state index in [-0.39, 0.29) is 5.75 Å². The second-order valence-electron chi connectivity index (χ2n) is 5.39. The molecular weight excluding hydrogens is 315 g/mol. The quantitative estimate of drug-likeness (QED) is 0.908. The summed E-state index contributed by atoms with van der Waals surface area (Å²) in [5.74, 6) is 0.259. The summed E-state index contributed by atoms with van der Waals surface area (Å²) in [5, 5.41) is 11.4. The highest BCUT2D eigenvalue weighted by atomic mass is 32.1. The zero-order valence-corrected chi connectivity index (χ0v) is 12.6. The second-order valence-corrected chi connectivity index (χ2v) is 6.42. The van der Waals surface area contributed by atoms with E-state index in [0.29, 0.717) is 15.4 Å². The number of fused-ring (bicyclic) bond motifs is 1. The third-order valence-electron chi connectivity index (χ3n) is 3.81. The van der Waals surface area contributed by atoms with Crippen LogP contribution in [0.4, 0.5) is 13.2 Å². The normalized spacial score (nSPS) is 17.0. The van der Waals surface area contributed by atoms with Crippen molar-refractivity contribution in [2.75, 3.05) is 13.1 Å². The fraction of sp³-hybridized carbons (Fsp3) is 0.500. The van der Waals surface area contributed by atoms with Crippen molar-refractivity contribution in [3.63, 3.8) is 0 Å². The molecule has 0 unspecified atom stereocenters. The summed E-state index contributed by atoms with van der Waals surface area (Å²) >= 11 is 1.17. The van der Waals surface area contributed by atoms with Crippen molar-refractivity contribution in [3.05, 3.63) is 23.0 Å². The lowest BCUT2D eigenvalue weighted by atomic mass is 9.98. The Hall–Kier alpha value is -1.54. The van der Waals surface area contributed by atoms with E-state index in [1.807, 2.05) is 4.57 Å². The number of benzene rings is 1. The lowest BCUT2D eigenvalue weighted by Gasteiger charge is -2.23. The van der Waals surface area contributed by atoms with Crippen molar-refractivity contribution in [2.45, 2.75) is 25.7 Å². The van der Waals surface area contributed by atoms with Gasteiger partial charge in [-0.15, -0.1) is 13.2 Å². The Bertz CT molecular complexity index is 716. The number of rotatable bonds is 3. The number of ether oxygens (including phenoxy) is 1. The van der Waals surface area contributed by atoms with E-state index in [1.165, 1.54) is 23.5 Å². The van der Waals surface area contributed by atoms with E-state index in [9.17, 15) is 13.2 Å². The van der Waals surface area contributed by atoms with Crippen LogP contribution in [-0.2, 0) is 6.54 Å². The van der Waals surface area contributed by atoms with Crippen LogP contribution in [0, 0.1) is 11.3 Å². The molecule has 2 heterocycles. The van der Waals surface area contributed by atoms with Crippen LogP contribution < -0.4 is 14.9 Å². The highest BCUT2D eigenvalue weighted by Crippen LogP contribution is 2.28. The average Bonchev–Trinajstić information content (AvgIpc) is 2.74. The summed E-state index contributed by atoms with van der Waals surface area (Å²) in [7, 11) is 0. The third-order valence-corrected chi connectivity index (χ3v) is 4.77. The number of nitrogens with zero attached hydrogens (tertiary/aromatic N) is 1. The van der Waals surface area contributed by atoms with Gasteiger partial charge in [0.1, 0.15) is 5.75 Å². The molecule has 1 aliphatic heterocycles. The standard InChI is InChI=1S/C14H16F3N3OS/c15-14(16,17)21-10-1-2-11-12(7-10)22-13(18)20(11)8-9-3-5-19-6-4-9/h1-2,7,9,18-19H,3-6,8H2. The van der Waals surface area contributed by atoms with Crippen molar-refractivity contribution >= 4 is 21.6 Å². The maximum absolute atomic E-state index is 12.3. The Morgan fingerprint density at radius 2 is 2.05 bits per heavy atom. The number of piperidine rings is 1. The largest absolute Gasteiger partial charge is 0.573 e. The van der Waals surface area contributed by atoms with Gasteiger partial charge in [0.15, 0.2) is 4.80 Å². The van der Waals surface area contributed by atoms with Crippen molar-refractivity contribution in [3.8, 4) is 5.75 Å². The van der Waals surface area contributed by atoms with E-state index in [0.717, 1.165) is 38.0 Å². The molecule has 0 atom stereocenters. The minimum Gasteiger partial charge on any atom is -0.406 e. The van der Waals surface area contributed by atoms with Gasteiger partial charge in [0.05, 0.1) is 10.2 Å². The van der Waals surface area contributed by atoms with Crippen molar-refractivity contribution in [1.82, 2.24) is 9.88 Å². The summed E-state index contributed by atoms with van der Waals surface area (Å²) in [6, 6.07) is 4.26. The number of halogens is 3. The van der Waals surface area contributed by atoms with Crippen LogP contribution >= 0.6 is 11.3 Å². The Labute approximate surface area is 129 Å². The van der Waals surface area contributed by atoms with Crippen LogP contribution in [-0.4, -0.2) is 24.0 Å². The van der Waals surface area contributed by atoms with Crippen LogP contribution in [0.3, 0.4) is 0 Å². The minimum atomic E-state index is -4.69. The molecular formula is C14H16F3N3OS. The maximum Gasteiger partial charge on any atom is 0.573 e. The molecule has 0 spiro atoms. The molecule has 1 aromatic carbocycles. The average molecular weight is 331 g/mol. The van der Waals surface area contributed by atoms with Gasteiger partial charge in [-0.2, -0.15) is 0 Å². The van der Waals surface area contributed by atoms with Gasteiger partial charge in [0.2, 0.25) is 0 Å². The summed E-state index contributed by atoms with van der Waals surface area (Å²) in [6.45, 7) is 2.69. The lowest BCUT2D eigenvalue weighted by Crippen LogP contribution is -2.31. The van der Waals surface area contributed by atoms with Crippen molar-refractivity contribution in [2.24, 2.45) is 5.92 Å². The first kappa shape index (κ1) is 15.4. The van der Waals surface area contributed by atoms with Crippen LogP contribution in [0.5, 0.6) is 5.75 Å². The number of alkyl halides is 3. The van der Waals surface area contributed by atoms with E-state index >= 15 is 0 Å². The summed E-state index contributed by atoms with van der Waals surface area (Å²) < 4.78 is 43.3. The lowest BCUT2D eigenvalue weighted by molar-refractivity contribution is -0.274.